The van der Waals surface area contributed by atoms with Gasteiger partial charge in [-0.05, 0) is 22.5 Å². The van der Waals surface area contributed by atoms with E-state index < -0.39 is 11.2 Å². The Kier molecular flexibility index (Phi) is 8.37. The summed E-state index contributed by atoms with van der Waals surface area (Å²) in [4.78, 5) is 36.1. The summed E-state index contributed by atoms with van der Waals surface area (Å²) in [5.74, 6) is -0.283. The van der Waals surface area contributed by atoms with Gasteiger partial charge in [-0.1, -0.05) is 6.92 Å². The summed E-state index contributed by atoms with van der Waals surface area (Å²) in [6.07, 6.45) is 1.30. The molecule has 0 spiro atoms. The molecule has 0 unspecified atom stereocenters. The van der Waals surface area contributed by atoms with Crippen molar-refractivity contribution >= 4 is 34.2 Å². The van der Waals surface area contributed by atoms with E-state index in [9.17, 15) is 14.4 Å². The lowest BCUT2D eigenvalue weighted by Gasteiger charge is -2.07. The largest absolute Gasteiger partial charge is 0.353 e. The van der Waals surface area contributed by atoms with Gasteiger partial charge in [0.1, 0.15) is 6.54 Å². The summed E-state index contributed by atoms with van der Waals surface area (Å²) < 4.78 is 1.34. The number of likely N-dealkylation sites (N-methyl/N-ethyl adjacent to an activating group) is 1. The third-order valence-corrected chi connectivity index (χ3v) is 2.72. The van der Waals surface area contributed by atoms with Gasteiger partial charge in [0.05, 0.1) is 4.47 Å². The number of H-pyrrole nitrogens is 1. The second kappa shape index (κ2) is 8.89. The first kappa shape index (κ1) is 17.9. The molecule has 0 radical (unpaired) electrons. The van der Waals surface area contributed by atoms with Crippen LogP contribution >= 0.6 is 28.3 Å². The molecule has 0 atom stereocenters. The zero-order chi connectivity index (χ0) is 13.5. The number of rotatable bonds is 6. The van der Waals surface area contributed by atoms with Crippen molar-refractivity contribution in [3.63, 3.8) is 0 Å². The summed E-state index contributed by atoms with van der Waals surface area (Å²) >= 11 is 3.00. The van der Waals surface area contributed by atoms with Gasteiger partial charge in [0.2, 0.25) is 5.91 Å². The van der Waals surface area contributed by atoms with Crippen molar-refractivity contribution in [1.82, 2.24) is 20.2 Å². The molecule has 1 amide bonds. The van der Waals surface area contributed by atoms with E-state index in [1.165, 1.54) is 6.20 Å². The molecule has 9 heteroatoms. The molecule has 0 aromatic carbocycles. The first-order valence-corrected chi connectivity index (χ1v) is 6.30. The molecule has 0 aliphatic carbocycles. The van der Waals surface area contributed by atoms with Gasteiger partial charge in [0, 0.05) is 19.3 Å². The van der Waals surface area contributed by atoms with Crippen molar-refractivity contribution in [3.8, 4) is 0 Å². The summed E-state index contributed by atoms with van der Waals surface area (Å²) in [6.45, 7) is 3.85. The van der Waals surface area contributed by atoms with Crippen molar-refractivity contribution in [2.24, 2.45) is 0 Å². The Bertz CT molecular complexity index is 528. The highest BCUT2D eigenvalue weighted by Gasteiger charge is 2.06. The second-order valence-electron chi connectivity index (χ2n) is 3.57. The van der Waals surface area contributed by atoms with E-state index in [1.807, 2.05) is 6.92 Å². The predicted octanol–water partition coefficient (Wildman–Crippen LogP) is -0.553. The standard InChI is InChI=1S/C10H15BrN4O3.ClH/c1-2-12-3-4-13-8(16)6-15-5-7(11)9(17)14-10(15)18;/h5,12H,2-4,6H2,1H3,(H,13,16)(H,14,17,18);1H. The Balaban J connectivity index is 0.00000324. The molecule has 108 valence electrons. The van der Waals surface area contributed by atoms with Crippen LogP contribution in [0.2, 0.25) is 0 Å². The molecule has 1 aromatic rings. The maximum absolute atomic E-state index is 11.5. The van der Waals surface area contributed by atoms with Crippen LogP contribution in [0.3, 0.4) is 0 Å². The Hall–Kier alpha value is -1.12. The topological polar surface area (TPSA) is 96.0 Å². The number of aromatic nitrogens is 2. The fourth-order valence-corrected chi connectivity index (χ4v) is 1.62. The average Bonchev–Trinajstić information content (AvgIpc) is 2.32. The van der Waals surface area contributed by atoms with E-state index >= 15 is 0 Å². The first-order valence-electron chi connectivity index (χ1n) is 5.51. The van der Waals surface area contributed by atoms with Gasteiger partial charge in [0.25, 0.3) is 5.56 Å². The minimum absolute atomic E-state index is 0. The molecule has 0 saturated heterocycles. The van der Waals surface area contributed by atoms with Gasteiger partial charge in [-0.25, -0.2) is 4.79 Å². The molecule has 0 aliphatic heterocycles. The van der Waals surface area contributed by atoms with Gasteiger partial charge in [-0.15, -0.1) is 12.4 Å². The van der Waals surface area contributed by atoms with Crippen molar-refractivity contribution < 1.29 is 4.79 Å². The number of hydrogen-bond donors (Lipinski definition) is 3. The lowest BCUT2D eigenvalue weighted by Crippen LogP contribution is -2.38. The average molecular weight is 356 g/mol. The Labute approximate surface area is 124 Å². The second-order valence-corrected chi connectivity index (χ2v) is 4.42. The molecule has 1 rings (SSSR count). The highest BCUT2D eigenvalue weighted by Crippen LogP contribution is 1.97. The third kappa shape index (κ3) is 6.04. The van der Waals surface area contributed by atoms with Crippen LogP contribution in [0, 0.1) is 0 Å². The number of aromatic amines is 1. The highest BCUT2D eigenvalue weighted by atomic mass is 79.9. The van der Waals surface area contributed by atoms with Crippen LogP contribution in [0.1, 0.15) is 6.92 Å². The van der Waals surface area contributed by atoms with Crippen molar-refractivity contribution in [3.05, 3.63) is 31.5 Å². The van der Waals surface area contributed by atoms with Crippen molar-refractivity contribution in [2.75, 3.05) is 19.6 Å². The van der Waals surface area contributed by atoms with Gasteiger partial charge < -0.3 is 10.6 Å². The van der Waals surface area contributed by atoms with Crippen LogP contribution in [0.15, 0.2) is 20.3 Å². The molecule has 0 aliphatic rings. The first-order chi connectivity index (χ1) is 8.54. The van der Waals surface area contributed by atoms with Crippen LogP contribution in [0.25, 0.3) is 0 Å². The fraction of sp³-hybridized carbons (Fsp3) is 0.500. The van der Waals surface area contributed by atoms with Crippen LogP contribution in [-0.2, 0) is 11.3 Å². The molecule has 1 aromatic heterocycles. The number of halogens is 2. The van der Waals surface area contributed by atoms with E-state index in [1.54, 1.807) is 0 Å². The van der Waals surface area contributed by atoms with Gasteiger partial charge in [-0.3, -0.25) is 19.1 Å². The minimum Gasteiger partial charge on any atom is -0.353 e. The number of amides is 1. The number of nitrogens with zero attached hydrogens (tertiary/aromatic N) is 1. The lowest BCUT2D eigenvalue weighted by atomic mass is 10.5. The SMILES string of the molecule is CCNCCNC(=O)Cn1cc(Br)c(=O)[nH]c1=O.Cl. The Morgan fingerprint density at radius 2 is 2.11 bits per heavy atom. The molecule has 1 heterocycles. The molecule has 0 saturated carbocycles. The monoisotopic (exact) mass is 354 g/mol. The smallest absolute Gasteiger partial charge is 0.328 e. The summed E-state index contributed by atoms with van der Waals surface area (Å²) in [5, 5.41) is 5.72. The minimum atomic E-state index is -0.606. The number of hydrogen-bond acceptors (Lipinski definition) is 4. The molecule has 3 N–H and O–H groups in total. The zero-order valence-electron chi connectivity index (χ0n) is 10.4. The number of carbonyl (C=O) groups excluding carboxylic acids is 1. The van der Waals surface area contributed by atoms with E-state index in [0.29, 0.717) is 13.1 Å². The van der Waals surface area contributed by atoms with E-state index in [2.05, 4.69) is 31.5 Å². The van der Waals surface area contributed by atoms with Crippen molar-refractivity contribution in [1.29, 1.82) is 0 Å². The molecule has 19 heavy (non-hydrogen) atoms. The summed E-state index contributed by atoms with van der Waals surface area (Å²) in [6, 6.07) is 0. The van der Waals surface area contributed by atoms with Crippen molar-refractivity contribution in [2.45, 2.75) is 13.5 Å². The number of nitrogens with one attached hydrogen (secondary N) is 3. The van der Waals surface area contributed by atoms with Crippen LogP contribution in [0.4, 0.5) is 0 Å². The van der Waals surface area contributed by atoms with E-state index in [4.69, 9.17) is 0 Å². The number of carbonyl (C=O) groups is 1. The van der Waals surface area contributed by atoms with Crippen LogP contribution in [0.5, 0.6) is 0 Å². The van der Waals surface area contributed by atoms with Gasteiger partial charge in [0.15, 0.2) is 0 Å². The highest BCUT2D eigenvalue weighted by molar-refractivity contribution is 9.10. The van der Waals surface area contributed by atoms with E-state index in [0.717, 1.165) is 11.1 Å². The lowest BCUT2D eigenvalue weighted by molar-refractivity contribution is -0.121. The maximum Gasteiger partial charge on any atom is 0.328 e. The van der Waals surface area contributed by atoms with Gasteiger partial charge >= 0.3 is 5.69 Å². The quantitative estimate of drug-likeness (QED) is 0.597. The summed E-state index contributed by atoms with van der Waals surface area (Å²) in [5.41, 5.74) is -1.12. The molecule has 0 bridgehead atoms. The summed E-state index contributed by atoms with van der Waals surface area (Å²) in [7, 11) is 0. The van der Waals surface area contributed by atoms with Gasteiger partial charge in [-0.2, -0.15) is 0 Å². The van der Waals surface area contributed by atoms with Crippen LogP contribution < -0.4 is 21.9 Å². The predicted molar refractivity (Wildman–Crippen MR) is 77.8 cm³/mol. The van der Waals surface area contributed by atoms with Crippen LogP contribution in [-0.4, -0.2) is 35.1 Å². The molecular formula is C10H16BrClN4O3. The third-order valence-electron chi connectivity index (χ3n) is 2.16. The maximum atomic E-state index is 11.5. The fourth-order valence-electron chi connectivity index (χ4n) is 1.28. The Morgan fingerprint density at radius 1 is 1.42 bits per heavy atom. The van der Waals surface area contributed by atoms with E-state index in [-0.39, 0.29) is 29.3 Å². The Morgan fingerprint density at radius 3 is 2.74 bits per heavy atom. The zero-order valence-corrected chi connectivity index (χ0v) is 12.8. The normalized spacial score (nSPS) is 9.79. The molecule has 0 fully saturated rings. The molecule has 7 nitrogen and oxygen atoms in total. The molecular weight excluding hydrogens is 339 g/mol.